The van der Waals surface area contributed by atoms with Crippen molar-refractivity contribution < 1.29 is 9.47 Å². The zero-order valence-electron chi connectivity index (χ0n) is 6.88. The monoisotopic (exact) mass is 154 g/mol. The SMILES string of the molecule is CC12CCC3CC(OCC31)O2. The molecule has 4 rings (SSSR count). The molecule has 1 saturated carbocycles. The van der Waals surface area contributed by atoms with Crippen molar-refractivity contribution in [2.45, 2.75) is 38.1 Å². The lowest BCUT2D eigenvalue weighted by atomic mass is 9.81. The van der Waals surface area contributed by atoms with Crippen LogP contribution in [0.2, 0.25) is 0 Å². The maximum atomic E-state index is 5.84. The van der Waals surface area contributed by atoms with Crippen molar-refractivity contribution in [2.24, 2.45) is 11.8 Å². The van der Waals surface area contributed by atoms with Crippen LogP contribution in [0.1, 0.15) is 26.2 Å². The molecule has 0 amide bonds. The van der Waals surface area contributed by atoms with Gasteiger partial charge in [-0.05, 0) is 25.7 Å². The quantitative estimate of drug-likeness (QED) is 0.527. The fourth-order valence-electron chi connectivity index (χ4n) is 3.01. The van der Waals surface area contributed by atoms with Crippen LogP contribution < -0.4 is 0 Å². The highest BCUT2D eigenvalue weighted by atomic mass is 16.7. The molecule has 4 fully saturated rings. The first kappa shape index (κ1) is 6.44. The highest BCUT2D eigenvalue weighted by Gasteiger charge is 2.55. The Kier molecular flexibility index (Phi) is 1.06. The van der Waals surface area contributed by atoms with Gasteiger partial charge in [0.05, 0.1) is 12.2 Å². The third kappa shape index (κ3) is 0.695. The molecule has 0 aromatic carbocycles. The lowest BCUT2D eigenvalue weighted by Gasteiger charge is -2.47. The lowest BCUT2D eigenvalue weighted by Crippen LogP contribution is -2.52. The van der Waals surface area contributed by atoms with Gasteiger partial charge in [0.2, 0.25) is 0 Å². The highest BCUT2D eigenvalue weighted by Crippen LogP contribution is 2.53. The second kappa shape index (κ2) is 1.80. The Morgan fingerprint density at radius 1 is 1.45 bits per heavy atom. The molecule has 62 valence electrons. The Labute approximate surface area is 66.9 Å². The molecule has 4 unspecified atom stereocenters. The van der Waals surface area contributed by atoms with E-state index in [9.17, 15) is 0 Å². The van der Waals surface area contributed by atoms with Crippen molar-refractivity contribution in [1.29, 1.82) is 0 Å². The summed E-state index contributed by atoms with van der Waals surface area (Å²) in [6, 6.07) is 0. The number of hydrogen-bond acceptors (Lipinski definition) is 2. The predicted molar refractivity (Wildman–Crippen MR) is 40.1 cm³/mol. The molecule has 3 aliphatic heterocycles. The lowest BCUT2D eigenvalue weighted by molar-refractivity contribution is -0.305. The summed E-state index contributed by atoms with van der Waals surface area (Å²) in [4.78, 5) is 0. The second-order valence-electron chi connectivity index (χ2n) is 4.33. The fraction of sp³-hybridized carbons (Fsp3) is 1.00. The number of ether oxygens (including phenoxy) is 2. The van der Waals surface area contributed by atoms with Crippen LogP contribution in [0.3, 0.4) is 0 Å². The summed E-state index contributed by atoms with van der Waals surface area (Å²) < 4.78 is 11.3. The summed E-state index contributed by atoms with van der Waals surface area (Å²) in [5.41, 5.74) is 0.186. The van der Waals surface area contributed by atoms with E-state index < -0.39 is 0 Å². The van der Waals surface area contributed by atoms with Crippen molar-refractivity contribution in [3.8, 4) is 0 Å². The van der Waals surface area contributed by atoms with E-state index in [0.29, 0.717) is 5.92 Å². The summed E-state index contributed by atoms with van der Waals surface area (Å²) in [7, 11) is 0. The van der Waals surface area contributed by atoms with Gasteiger partial charge in [0.15, 0.2) is 6.29 Å². The van der Waals surface area contributed by atoms with E-state index in [4.69, 9.17) is 9.47 Å². The molecular weight excluding hydrogens is 140 g/mol. The van der Waals surface area contributed by atoms with Gasteiger partial charge in [-0.2, -0.15) is 0 Å². The number of fused-ring (bicyclic) bond motifs is 1. The Morgan fingerprint density at radius 3 is 3.00 bits per heavy atom. The van der Waals surface area contributed by atoms with Gasteiger partial charge in [0, 0.05) is 12.3 Å². The number of rotatable bonds is 0. The molecule has 0 aromatic heterocycles. The first-order chi connectivity index (χ1) is 5.28. The topological polar surface area (TPSA) is 18.5 Å². The van der Waals surface area contributed by atoms with Crippen LogP contribution in [0.4, 0.5) is 0 Å². The first-order valence-corrected chi connectivity index (χ1v) is 4.57. The van der Waals surface area contributed by atoms with Gasteiger partial charge in [0.25, 0.3) is 0 Å². The normalized spacial score (nSPS) is 60.3. The first-order valence-electron chi connectivity index (χ1n) is 4.57. The van der Waals surface area contributed by atoms with Gasteiger partial charge < -0.3 is 9.47 Å². The van der Waals surface area contributed by atoms with E-state index in [0.717, 1.165) is 18.9 Å². The maximum absolute atomic E-state index is 5.84. The minimum absolute atomic E-state index is 0.137. The van der Waals surface area contributed by atoms with E-state index in [1.54, 1.807) is 0 Å². The molecule has 4 atom stereocenters. The average Bonchev–Trinajstić information content (AvgIpc) is 2.23. The molecule has 4 aliphatic rings. The van der Waals surface area contributed by atoms with Crippen LogP contribution in [0.5, 0.6) is 0 Å². The van der Waals surface area contributed by atoms with Crippen LogP contribution >= 0.6 is 0 Å². The summed E-state index contributed by atoms with van der Waals surface area (Å²) in [6.07, 6.45) is 3.90. The fourth-order valence-corrected chi connectivity index (χ4v) is 3.01. The van der Waals surface area contributed by atoms with Crippen LogP contribution in [-0.2, 0) is 9.47 Å². The summed E-state index contributed by atoms with van der Waals surface area (Å²) in [6.45, 7) is 3.21. The van der Waals surface area contributed by atoms with E-state index >= 15 is 0 Å². The standard InChI is InChI=1S/C9H14O2/c1-9-3-2-6-4-8(11-9)10-5-7(6)9/h6-8H,2-5H2,1H3. The highest BCUT2D eigenvalue weighted by molar-refractivity contribution is 5.01. The van der Waals surface area contributed by atoms with Gasteiger partial charge in [0.1, 0.15) is 0 Å². The van der Waals surface area contributed by atoms with Crippen LogP contribution in [0, 0.1) is 11.8 Å². The Balaban J connectivity index is 2.00. The van der Waals surface area contributed by atoms with E-state index in [-0.39, 0.29) is 11.9 Å². The van der Waals surface area contributed by atoms with E-state index in [1.807, 2.05) is 0 Å². The molecule has 2 nitrogen and oxygen atoms in total. The molecule has 2 heteroatoms. The minimum atomic E-state index is 0.137. The summed E-state index contributed by atoms with van der Waals surface area (Å²) in [5, 5.41) is 0. The van der Waals surface area contributed by atoms with E-state index in [2.05, 4.69) is 6.92 Å². The van der Waals surface area contributed by atoms with Crippen LogP contribution in [-0.4, -0.2) is 18.5 Å². The Morgan fingerprint density at radius 2 is 2.36 bits per heavy atom. The third-order valence-electron chi connectivity index (χ3n) is 3.72. The Hall–Kier alpha value is -0.0800. The largest absolute Gasteiger partial charge is 0.352 e. The molecular formula is C9H14O2. The molecule has 11 heavy (non-hydrogen) atoms. The minimum Gasteiger partial charge on any atom is -0.352 e. The third-order valence-corrected chi connectivity index (χ3v) is 3.72. The van der Waals surface area contributed by atoms with Gasteiger partial charge in [-0.1, -0.05) is 0 Å². The molecule has 0 N–H and O–H groups in total. The van der Waals surface area contributed by atoms with Gasteiger partial charge in [-0.25, -0.2) is 0 Å². The molecule has 0 aromatic rings. The second-order valence-corrected chi connectivity index (χ2v) is 4.33. The van der Waals surface area contributed by atoms with Crippen LogP contribution in [0.15, 0.2) is 0 Å². The molecule has 3 saturated heterocycles. The number of hydrogen-bond donors (Lipinski definition) is 0. The average molecular weight is 154 g/mol. The summed E-state index contributed by atoms with van der Waals surface area (Å²) >= 11 is 0. The molecule has 3 heterocycles. The zero-order valence-corrected chi connectivity index (χ0v) is 6.88. The van der Waals surface area contributed by atoms with Gasteiger partial charge in [-0.15, -0.1) is 0 Å². The molecule has 4 bridgehead atoms. The molecule has 0 radical (unpaired) electrons. The van der Waals surface area contributed by atoms with Crippen molar-refractivity contribution in [1.82, 2.24) is 0 Å². The smallest absolute Gasteiger partial charge is 0.158 e. The van der Waals surface area contributed by atoms with Crippen molar-refractivity contribution in [3.05, 3.63) is 0 Å². The van der Waals surface area contributed by atoms with Crippen molar-refractivity contribution >= 4 is 0 Å². The molecule has 0 spiro atoms. The predicted octanol–water partition coefficient (Wildman–Crippen LogP) is 1.55. The molecule has 1 aliphatic carbocycles. The van der Waals surface area contributed by atoms with Crippen molar-refractivity contribution in [3.63, 3.8) is 0 Å². The van der Waals surface area contributed by atoms with Crippen molar-refractivity contribution in [2.75, 3.05) is 6.61 Å². The maximum Gasteiger partial charge on any atom is 0.158 e. The zero-order chi connectivity index (χ0) is 7.47. The summed E-state index contributed by atoms with van der Waals surface area (Å²) in [5.74, 6) is 1.61. The van der Waals surface area contributed by atoms with Gasteiger partial charge in [-0.3, -0.25) is 0 Å². The van der Waals surface area contributed by atoms with Crippen LogP contribution in [0.25, 0.3) is 0 Å². The van der Waals surface area contributed by atoms with E-state index in [1.165, 1.54) is 12.8 Å². The Bertz CT molecular complexity index is 192. The van der Waals surface area contributed by atoms with Gasteiger partial charge >= 0.3 is 0 Å².